The molecule has 1 heterocycles. The first kappa shape index (κ1) is 17.2. The van der Waals surface area contributed by atoms with E-state index in [1.807, 2.05) is 6.07 Å². The van der Waals surface area contributed by atoms with Crippen molar-refractivity contribution in [1.29, 1.82) is 0 Å². The number of sulfonamides is 1. The normalized spacial score (nSPS) is 18.5. The molecule has 2 aliphatic rings. The third-order valence-electron chi connectivity index (χ3n) is 4.72. The second-order valence-corrected chi connectivity index (χ2v) is 8.08. The van der Waals surface area contributed by atoms with E-state index in [1.54, 1.807) is 24.0 Å². The molecule has 0 saturated carbocycles. The fourth-order valence-corrected chi connectivity index (χ4v) is 4.75. The molecule has 24 heavy (non-hydrogen) atoms. The number of nitrogens with one attached hydrogen (secondary N) is 1. The van der Waals surface area contributed by atoms with Crippen molar-refractivity contribution in [3.63, 3.8) is 0 Å². The standard InChI is InChI=1S/C17H24N2O4S/c1-2-23-17(20)19-10-8-15(9-11-19)18-24(21,22)16-7-6-13-4-3-5-14(13)12-16/h6-7,12,15,18H,2-5,8-11H2,1H3. The van der Waals surface area contributed by atoms with E-state index in [0.29, 0.717) is 37.4 Å². The van der Waals surface area contributed by atoms with Gasteiger partial charge in [-0.3, -0.25) is 0 Å². The fourth-order valence-electron chi connectivity index (χ4n) is 3.40. The molecule has 1 aliphatic carbocycles. The molecule has 132 valence electrons. The van der Waals surface area contributed by atoms with Crippen molar-refractivity contribution in [3.8, 4) is 0 Å². The summed E-state index contributed by atoms with van der Waals surface area (Å²) >= 11 is 0. The summed E-state index contributed by atoms with van der Waals surface area (Å²) in [6, 6.07) is 5.28. The minimum atomic E-state index is -3.51. The molecule has 0 atom stereocenters. The Morgan fingerprint density at radius 2 is 1.96 bits per heavy atom. The highest BCUT2D eigenvalue weighted by Crippen LogP contribution is 2.25. The number of rotatable bonds is 4. The Balaban J connectivity index is 1.61. The van der Waals surface area contributed by atoms with Crippen molar-refractivity contribution in [1.82, 2.24) is 9.62 Å². The lowest BCUT2D eigenvalue weighted by atomic mass is 10.1. The minimum Gasteiger partial charge on any atom is -0.450 e. The molecule has 1 fully saturated rings. The molecule has 0 radical (unpaired) electrons. The molecule has 0 spiro atoms. The Morgan fingerprint density at radius 1 is 1.25 bits per heavy atom. The van der Waals surface area contributed by atoms with Crippen LogP contribution < -0.4 is 4.72 Å². The van der Waals surface area contributed by atoms with Crippen LogP contribution in [0, 0.1) is 0 Å². The van der Waals surface area contributed by atoms with E-state index >= 15 is 0 Å². The first-order valence-electron chi connectivity index (χ1n) is 8.55. The summed E-state index contributed by atoms with van der Waals surface area (Å²) in [4.78, 5) is 13.7. The maximum Gasteiger partial charge on any atom is 0.409 e. The molecule has 1 aromatic rings. The number of fused-ring (bicyclic) bond motifs is 1. The molecular formula is C17H24N2O4S. The van der Waals surface area contributed by atoms with E-state index in [0.717, 1.165) is 24.8 Å². The quantitative estimate of drug-likeness (QED) is 0.900. The number of likely N-dealkylation sites (tertiary alicyclic amines) is 1. The van der Waals surface area contributed by atoms with Crippen molar-refractivity contribution in [2.45, 2.75) is 50.0 Å². The van der Waals surface area contributed by atoms with Gasteiger partial charge in [0.25, 0.3) is 0 Å². The molecule has 1 N–H and O–H groups in total. The predicted molar refractivity (Wildman–Crippen MR) is 90.4 cm³/mol. The van der Waals surface area contributed by atoms with E-state index in [1.165, 1.54) is 5.56 Å². The van der Waals surface area contributed by atoms with E-state index in [9.17, 15) is 13.2 Å². The summed E-state index contributed by atoms with van der Waals surface area (Å²) in [5, 5.41) is 0. The van der Waals surface area contributed by atoms with E-state index in [-0.39, 0.29) is 12.1 Å². The van der Waals surface area contributed by atoms with Crippen LogP contribution in [0.2, 0.25) is 0 Å². The number of benzene rings is 1. The van der Waals surface area contributed by atoms with Crippen LogP contribution in [0.5, 0.6) is 0 Å². The van der Waals surface area contributed by atoms with Crippen molar-refractivity contribution in [2.24, 2.45) is 0 Å². The number of nitrogens with zero attached hydrogens (tertiary/aromatic N) is 1. The fraction of sp³-hybridized carbons (Fsp3) is 0.588. The third kappa shape index (κ3) is 3.72. The number of hydrogen-bond acceptors (Lipinski definition) is 4. The highest BCUT2D eigenvalue weighted by Gasteiger charge is 2.27. The minimum absolute atomic E-state index is 0.145. The molecule has 1 aliphatic heterocycles. The zero-order valence-corrected chi connectivity index (χ0v) is 14.8. The van der Waals surface area contributed by atoms with Gasteiger partial charge in [-0.15, -0.1) is 0 Å². The molecule has 0 aromatic heterocycles. The maximum atomic E-state index is 12.6. The summed E-state index contributed by atoms with van der Waals surface area (Å²) in [6.45, 7) is 3.14. The SMILES string of the molecule is CCOC(=O)N1CCC(NS(=O)(=O)c2ccc3c(c2)CCC3)CC1. The summed E-state index contributed by atoms with van der Waals surface area (Å²) in [6.07, 6.45) is 3.97. The van der Waals surface area contributed by atoms with Crippen molar-refractivity contribution >= 4 is 16.1 Å². The maximum absolute atomic E-state index is 12.6. The number of hydrogen-bond donors (Lipinski definition) is 1. The van der Waals surface area contributed by atoms with E-state index in [2.05, 4.69) is 4.72 Å². The van der Waals surface area contributed by atoms with Gasteiger partial charge in [-0.2, -0.15) is 0 Å². The van der Waals surface area contributed by atoms with E-state index < -0.39 is 10.0 Å². The topological polar surface area (TPSA) is 75.7 Å². The predicted octanol–water partition coefficient (Wildman–Crippen LogP) is 2.07. The zero-order chi connectivity index (χ0) is 17.2. The van der Waals surface area contributed by atoms with Crippen LogP contribution >= 0.6 is 0 Å². The van der Waals surface area contributed by atoms with Gasteiger partial charge in [0, 0.05) is 19.1 Å². The number of piperidine rings is 1. The summed E-state index contributed by atoms with van der Waals surface area (Å²) in [5.41, 5.74) is 2.41. The van der Waals surface area contributed by atoms with Crippen molar-refractivity contribution in [3.05, 3.63) is 29.3 Å². The number of ether oxygens (including phenoxy) is 1. The summed E-state index contributed by atoms with van der Waals surface area (Å²) in [5.74, 6) is 0. The van der Waals surface area contributed by atoms with Gasteiger partial charge in [0.2, 0.25) is 10.0 Å². The number of carbonyl (C=O) groups is 1. The Labute approximate surface area is 143 Å². The molecule has 6 nitrogen and oxygen atoms in total. The summed E-state index contributed by atoms with van der Waals surface area (Å²) < 4.78 is 33.0. The van der Waals surface area contributed by atoms with Crippen LogP contribution in [-0.4, -0.2) is 45.1 Å². The van der Waals surface area contributed by atoms with Crippen molar-refractivity contribution < 1.29 is 17.9 Å². The third-order valence-corrected chi connectivity index (χ3v) is 6.24. The second kappa shape index (κ2) is 7.11. The second-order valence-electron chi connectivity index (χ2n) is 6.37. The van der Waals surface area contributed by atoms with Crippen LogP contribution in [0.1, 0.15) is 37.3 Å². The van der Waals surface area contributed by atoms with Crippen LogP contribution in [-0.2, 0) is 27.6 Å². The van der Waals surface area contributed by atoms with Gasteiger partial charge < -0.3 is 9.64 Å². The molecular weight excluding hydrogens is 328 g/mol. The van der Waals surface area contributed by atoms with Gasteiger partial charge in [0.15, 0.2) is 0 Å². The highest BCUT2D eigenvalue weighted by molar-refractivity contribution is 7.89. The molecule has 3 rings (SSSR count). The van der Waals surface area contributed by atoms with Crippen LogP contribution in [0.15, 0.2) is 23.1 Å². The van der Waals surface area contributed by atoms with Crippen LogP contribution in [0.3, 0.4) is 0 Å². The van der Waals surface area contributed by atoms with Gasteiger partial charge in [0.1, 0.15) is 0 Å². The Bertz CT molecular complexity index is 709. The largest absolute Gasteiger partial charge is 0.450 e. The van der Waals surface area contributed by atoms with E-state index in [4.69, 9.17) is 4.74 Å². The molecule has 1 amide bonds. The number of amides is 1. The lowest BCUT2D eigenvalue weighted by molar-refractivity contribution is 0.0966. The lowest BCUT2D eigenvalue weighted by Gasteiger charge is -2.31. The van der Waals surface area contributed by atoms with Gasteiger partial charge in [-0.1, -0.05) is 6.07 Å². The average Bonchev–Trinajstić information content (AvgIpc) is 3.03. The van der Waals surface area contributed by atoms with Gasteiger partial charge in [0.05, 0.1) is 11.5 Å². The van der Waals surface area contributed by atoms with Crippen LogP contribution in [0.4, 0.5) is 4.79 Å². The highest BCUT2D eigenvalue weighted by atomic mass is 32.2. The monoisotopic (exact) mass is 352 g/mol. The number of aryl methyl sites for hydroxylation is 2. The zero-order valence-electron chi connectivity index (χ0n) is 14.0. The van der Waals surface area contributed by atoms with Gasteiger partial charge in [-0.25, -0.2) is 17.9 Å². The number of carbonyl (C=O) groups excluding carboxylic acids is 1. The van der Waals surface area contributed by atoms with Gasteiger partial charge in [-0.05, 0) is 62.3 Å². The molecule has 0 unspecified atom stereocenters. The van der Waals surface area contributed by atoms with Crippen molar-refractivity contribution in [2.75, 3.05) is 19.7 Å². The molecule has 0 bridgehead atoms. The first-order valence-corrected chi connectivity index (χ1v) is 10.0. The summed E-state index contributed by atoms with van der Waals surface area (Å²) in [7, 11) is -3.51. The Hall–Kier alpha value is -1.60. The Kier molecular flexibility index (Phi) is 5.10. The molecule has 7 heteroatoms. The van der Waals surface area contributed by atoms with Gasteiger partial charge >= 0.3 is 6.09 Å². The average molecular weight is 352 g/mol. The first-order chi connectivity index (χ1) is 11.5. The lowest BCUT2D eigenvalue weighted by Crippen LogP contribution is -2.46. The smallest absolute Gasteiger partial charge is 0.409 e. The molecule has 1 aromatic carbocycles. The Morgan fingerprint density at radius 3 is 2.67 bits per heavy atom. The van der Waals surface area contributed by atoms with Crippen LogP contribution in [0.25, 0.3) is 0 Å². The molecule has 1 saturated heterocycles.